The normalized spacial score (nSPS) is 14.2. The molecular weight excluding hydrogens is 409 g/mol. The minimum atomic E-state index is -0.805. The molecule has 1 fully saturated rings. The lowest BCUT2D eigenvalue weighted by Crippen LogP contribution is -2.24. The molecule has 0 radical (unpaired) electrons. The lowest BCUT2D eigenvalue weighted by Gasteiger charge is -2.08. The third kappa shape index (κ3) is 3.85. The van der Waals surface area contributed by atoms with E-state index in [0.717, 1.165) is 22.3 Å². The van der Waals surface area contributed by atoms with Gasteiger partial charge in [-0.1, -0.05) is 36.4 Å². The molecule has 0 saturated heterocycles. The first-order chi connectivity index (χ1) is 15.5. The summed E-state index contributed by atoms with van der Waals surface area (Å²) in [5.41, 5.74) is 3.37. The molecule has 6 nitrogen and oxygen atoms in total. The predicted octanol–water partition coefficient (Wildman–Crippen LogP) is 5.49. The molecule has 1 saturated carbocycles. The molecule has 0 bridgehead atoms. The van der Waals surface area contributed by atoms with Crippen molar-refractivity contribution < 1.29 is 18.7 Å². The van der Waals surface area contributed by atoms with Crippen molar-refractivity contribution in [3.8, 4) is 33.7 Å². The van der Waals surface area contributed by atoms with Crippen molar-refractivity contribution in [1.82, 2.24) is 9.97 Å². The van der Waals surface area contributed by atoms with Crippen molar-refractivity contribution in [2.24, 2.45) is 5.41 Å². The van der Waals surface area contributed by atoms with Gasteiger partial charge >= 0.3 is 5.97 Å². The standard InChI is InChI=1S/C25H20FN3O3/c26-20-9-7-17(8-10-20)16-3-5-18(6-4-16)21-22(19-2-1-13-27-14-19)32-24(29-21)28-15-25(11-12-25)23(30)31/h1-10,13-14H,11-12,15H2,(H,28,29)(H,30,31). The van der Waals surface area contributed by atoms with E-state index < -0.39 is 11.4 Å². The van der Waals surface area contributed by atoms with Crippen LogP contribution < -0.4 is 5.32 Å². The fourth-order valence-corrected chi connectivity index (χ4v) is 3.61. The monoisotopic (exact) mass is 429 g/mol. The Morgan fingerprint density at radius 2 is 1.66 bits per heavy atom. The SMILES string of the molecule is O=C(O)C1(CNc2nc(-c3ccc(-c4ccc(F)cc4)cc3)c(-c3cccnc3)o2)CC1. The van der Waals surface area contributed by atoms with E-state index in [1.165, 1.54) is 12.1 Å². The van der Waals surface area contributed by atoms with E-state index in [1.54, 1.807) is 24.5 Å². The highest BCUT2D eigenvalue weighted by molar-refractivity contribution is 5.80. The predicted molar refractivity (Wildman–Crippen MR) is 118 cm³/mol. The number of hydrogen-bond acceptors (Lipinski definition) is 5. The van der Waals surface area contributed by atoms with Crippen molar-refractivity contribution in [3.05, 3.63) is 78.9 Å². The molecule has 1 aliphatic rings. The summed E-state index contributed by atoms with van der Waals surface area (Å²) in [6, 6.07) is 18.1. The Morgan fingerprint density at radius 1 is 1.00 bits per heavy atom. The molecule has 1 aliphatic carbocycles. The number of carbonyl (C=O) groups is 1. The number of halogens is 1. The first-order valence-corrected chi connectivity index (χ1v) is 10.3. The third-order valence-corrected chi connectivity index (χ3v) is 5.77. The van der Waals surface area contributed by atoms with Gasteiger partial charge in [-0.25, -0.2) is 4.39 Å². The van der Waals surface area contributed by atoms with Gasteiger partial charge in [0.1, 0.15) is 11.5 Å². The van der Waals surface area contributed by atoms with Gasteiger partial charge in [-0.2, -0.15) is 4.98 Å². The van der Waals surface area contributed by atoms with Gasteiger partial charge in [0.05, 0.1) is 5.41 Å². The number of rotatable bonds is 7. The number of aromatic nitrogens is 2. The van der Waals surface area contributed by atoms with Gasteiger partial charge in [-0.15, -0.1) is 0 Å². The molecule has 0 unspecified atom stereocenters. The smallest absolute Gasteiger partial charge is 0.311 e. The van der Waals surface area contributed by atoms with Crippen molar-refractivity contribution >= 4 is 12.0 Å². The maximum Gasteiger partial charge on any atom is 0.311 e. The van der Waals surface area contributed by atoms with Gasteiger partial charge in [0.15, 0.2) is 5.76 Å². The Hall–Kier alpha value is -4.00. The van der Waals surface area contributed by atoms with Crippen LogP contribution in [0, 0.1) is 11.2 Å². The average molecular weight is 429 g/mol. The second kappa shape index (κ2) is 7.92. The highest BCUT2D eigenvalue weighted by atomic mass is 19.1. The fourth-order valence-electron chi connectivity index (χ4n) is 3.61. The van der Waals surface area contributed by atoms with E-state index in [9.17, 15) is 14.3 Å². The number of carboxylic acids is 1. The quantitative estimate of drug-likeness (QED) is 0.404. The molecule has 32 heavy (non-hydrogen) atoms. The van der Waals surface area contributed by atoms with Gasteiger partial charge in [0.25, 0.3) is 6.01 Å². The lowest BCUT2D eigenvalue weighted by molar-refractivity contribution is -0.142. The van der Waals surface area contributed by atoms with Crippen LogP contribution in [0.4, 0.5) is 10.4 Å². The van der Waals surface area contributed by atoms with Crippen molar-refractivity contribution in [2.75, 3.05) is 11.9 Å². The van der Waals surface area contributed by atoms with Crippen LogP contribution in [-0.2, 0) is 4.79 Å². The fraction of sp³-hybridized carbons (Fsp3) is 0.160. The number of nitrogens with one attached hydrogen (secondary N) is 1. The molecule has 5 rings (SSSR count). The summed E-state index contributed by atoms with van der Waals surface area (Å²) in [4.78, 5) is 20.2. The van der Waals surface area contributed by atoms with Crippen LogP contribution in [-0.4, -0.2) is 27.6 Å². The number of benzene rings is 2. The highest BCUT2D eigenvalue weighted by Crippen LogP contribution is 2.46. The van der Waals surface area contributed by atoms with Crippen LogP contribution in [0.3, 0.4) is 0 Å². The zero-order valence-electron chi connectivity index (χ0n) is 17.1. The second-order valence-corrected chi connectivity index (χ2v) is 7.96. The van der Waals surface area contributed by atoms with Crippen LogP contribution in [0.5, 0.6) is 0 Å². The zero-order chi connectivity index (χ0) is 22.1. The maximum atomic E-state index is 13.2. The van der Waals surface area contributed by atoms with E-state index in [2.05, 4.69) is 15.3 Å². The van der Waals surface area contributed by atoms with Crippen LogP contribution in [0.15, 0.2) is 77.5 Å². The van der Waals surface area contributed by atoms with E-state index in [-0.39, 0.29) is 18.4 Å². The molecule has 0 aliphatic heterocycles. The van der Waals surface area contributed by atoms with Crippen LogP contribution in [0.1, 0.15) is 12.8 Å². The average Bonchev–Trinajstić information content (AvgIpc) is 3.51. The highest BCUT2D eigenvalue weighted by Gasteiger charge is 2.50. The Bertz CT molecular complexity index is 1250. The number of anilines is 1. The Kier molecular flexibility index (Phi) is 4.93. The summed E-state index contributed by atoms with van der Waals surface area (Å²) < 4.78 is 19.2. The molecule has 0 amide bonds. The molecule has 2 aromatic heterocycles. The Labute approximate surface area is 183 Å². The molecule has 2 aromatic carbocycles. The molecule has 7 heteroatoms. The summed E-state index contributed by atoms with van der Waals surface area (Å²) in [5.74, 6) is -0.527. The van der Waals surface area contributed by atoms with Gasteiger partial charge in [-0.05, 0) is 48.2 Å². The molecule has 4 aromatic rings. The summed E-state index contributed by atoms with van der Waals surface area (Å²) in [6.07, 6.45) is 4.66. The van der Waals surface area contributed by atoms with Gasteiger partial charge < -0.3 is 14.8 Å². The Balaban J connectivity index is 1.47. The number of nitrogens with zero attached hydrogens (tertiary/aromatic N) is 2. The second-order valence-electron chi connectivity index (χ2n) is 7.96. The topological polar surface area (TPSA) is 88.2 Å². The number of pyridine rings is 1. The van der Waals surface area contributed by atoms with Crippen molar-refractivity contribution in [2.45, 2.75) is 12.8 Å². The van der Waals surface area contributed by atoms with Crippen LogP contribution in [0.25, 0.3) is 33.7 Å². The molecule has 160 valence electrons. The Morgan fingerprint density at radius 3 is 2.25 bits per heavy atom. The van der Waals surface area contributed by atoms with Crippen LogP contribution >= 0.6 is 0 Å². The van der Waals surface area contributed by atoms with Crippen LogP contribution in [0.2, 0.25) is 0 Å². The minimum absolute atomic E-state index is 0.262. The van der Waals surface area contributed by atoms with E-state index in [0.29, 0.717) is 24.3 Å². The van der Waals surface area contributed by atoms with E-state index in [1.807, 2.05) is 36.4 Å². The molecular formula is C25H20FN3O3. The lowest BCUT2D eigenvalue weighted by atomic mass is 10.0. The van der Waals surface area contributed by atoms with Gasteiger partial charge in [0.2, 0.25) is 0 Å². The summed E-state index contributed by atoms with van der Waals surface area (Å²) in [6.45, 7) is 0.262. The maximum absolute atomic E-state index is 13.2. The van der Waals surface area contributed by atoms with Crippen molar-refractivity contribution in [3.63, 3.8) is 0 Å². The molecule has 0 atom stereocenters. The summed E-state index contributed by atoms with van der Waals surface area (Å²) in [5, 5.41) is 12.5. The largest absolute Gasteiger partial charge is 0.481 e. The van der Waals surface area contributed by atoms with Crippen molar-refractivity contribution in [1.29, 1.82) is 0 Å². The summed E-state index contributed by atoms with van der Waals surface area (Å²) in [7, 11) is 0. The summed E-state index contributed by atoms with van der Waals surface area (Å²) >= 11 is 0. The van der Waals surface area contributed by atoms with E-state index >= 15 is 0 Å². The number of carboxylic acid groups (broad SMARTS) is 1. The number of oxazole rings is 1. The van der Waals surface area contributed by atoms with Gasteiger partial charge in [-0.3, -0.25) is 9.78 Å². The molecule has 0 spiro atoms. The molecule has 2 heterocycles. The molecule has 2 N–H and O–H groups in total. The number of hydrogen-bond donors (Lipinski definition) is 2. The van der Waals surface area contributed by atoms with Gasteiger partial charge in [0, 0.05) is 30.1 Å². The first-order valence-electron chi connectivity index (χ1n) is 10.3. The minimum Gasteiger partial charge on any atom is -0.481 e. The zero-order valence-corrected chi connectivity index (χ0v) is 17.1. The third-order valence-electron chi connectivity index (χ3n) is 5.77. The number of aliphatic carboxylic acids is 1. The van der Waals surface area contributed by atoms with E-state index in [4.69, 9.17) is 4.42 Å². The first kappa shape index (κ1) is 19.9.